The van der Waals surface area contributed by atoms with Crippen molar-refractivity contribution in [3.63, 3.8) is 0 Å². The van der Waals surface area contributed by atoms with Crippen molar-refractivity contribution in [3.8, 4) is 0 Å². The Kier molecular flexibility index (Phi) is 4.88. The quantitative estimate of drug-likeness (QED) is 0.822. The molecule has 0 radical (unpaired) electrons. The second-order valence-corrected chi connectivity index (χ2v) is 7.06. The van der Waals surface area contributed by atoms with Crippen LogP contribution in [0, 0.1) is 11.3 Å². The summed E-state index contributed by atoms with van der Waals surface area (Å²) in [5.74, 6) is 0.872. The summed E-state index contributed by atoms with van der Waals surface area (Å²) in [4.78, 5) is 12.7. The molecule has 0 aromatic rings. The third-order valence-electron chi connectivity index (χ3n) is 4.87. The Hall–Kier alpha value is -0.570. The fourth-order valence-corrected chi connectivity index (χ4v) is 3.92. The standard InChI is InChI=1S/C16H29NO2/c1-12(2)11-16(9-3-4-10-16)15(19)17-13-5-7-14(18)8-6-13/h12-14,18H,3-11H2,1-2H3,(H,17,19). The molecule has 0 atom stereocenters. The lowest BCUT2D eigenvalue weighted by Gasteiger charge is -2.33. The molecule has 0 spiro atoms. The molecule has 1 amide bonds. The van der Waals surface area contributed by atoms with Gasteiger partial charge in [0.15, 0.2) is 0 Å². The van der Waals surface area contributed by atoms with Gasteiger partial charge in [0.25, 0.3) is 0 Å². The SMILES string of the molecule is CC(C)CC1(C(=O)NC2CCC(O)CC2)CCCC1. The molecule has 110 valence electrons. The Balaban J connectivity index is 1.92. The van der Waals surface area contributed by atoms with Crippen LogP contribution in [0.1, 0.15) is 71.6 Å². The van der Waals surface area contributed by atoms with Crippen molar-refractivity contribution in [1.29, 1.82) is 0 Å². The lowest BCUT2D eigenvalue weighted by atomic mass is 9.77. The van der Waals surface area contributed by atoms with Crippen LogP contribution in [0.3, 0.4) is 0 Å². The molecule has 0 unspecified atom stereocenters. The molecule has 3 nitrogen and oxygen atoms in total. The topological polar surface area (TPSA) is 49.3 Å². The summed E-state index contributed by atoms with van der Waals surface area (Å²) in [5, 5.41) is 12.8. The van der Waals surface area contributed by atoms with Gasteiger partial charge in [-0.1, -0.05) is 26.7 Å². The fourth-order valence-electron chi connectivity index (χ4n) is 3.92. The van der Waals surface area contributed by atoms with Crippen LogP contribution in [0.15, 0.2) is 0 Å². The summed E-state index contributed by atoms with van der Waals surface area (Å²) in [6, 6.07) is 0.292. The average Bonchev–Trinajstić information content (AvgIpc) is 2.81. The number of hydrogen-bond acceptors (Lipinski definition) is 2. The highest BCUT2D eigenvalue weighted by Gasteiger charge is 2.42. The van der Waals surface area contributed by atoms with Crippen LogP contribution in [0.25, 0.3) is 0 Å². The number of aliphatic hydroxyl groups excluding tert-OH is 1. The molecule has 0 heterocycles. The maximum Gasteiger partial charge on any atom is 0.226 e. The highest BCUT2D eigenvalue weighted by atomic mass is 16.3. The molecule has 3 heteroatoms. The molecule has 0 aliphatic heterocycles. The molecule has 2 fully saturated rings. The second kappa shape index (κ2) is 6.25. The molecule has 0 saturated heterocycles. The molecule has 0 bridgehead atoms. The van der Waals surface area contributed by atoms with Crippen molar-refractivity contribution in [3.05, 3.63) is 0 Å². The van der Waals surface area contributed by atoms with Gasteiger partial charge in [0.05, 0.1) is 6.10 Å². The third-order valence-corrected chi connectivity index (χ3v) is 4.87. The Morgan fingerprint density at radius 1 is 1.21 bits per heavy atom. The van der Waals surface area contributed by atoms with Gasteiger partial charge in [0.1, 0.15) is 0 Å². The smallest absolute Gasteiger partial charge is 0.226 e. The van der Waals surface area contributed by atoms with Crippen LogP contribution in [-0.4, -0.2) is 23.2 Å². The van der Waals surface area contributed by atoms with Crippen molar-refractivity contribution >= 4 is 5.91 Å². The molecule has 2 rings (SSSR count). The van der Waals surface area contributed by atoms with E-state index >= 15 is 0 Å². The van der Waals surface area contributed by atoms with Crippen LogP contribution in [0.2, 0.25) is 0 Å². The first-order valence-corrected chi connectivity index (χ1v) is 8.01. The van der Waals surface area contributed by atoms with Crippen molar-refractivity contribution in [2.24, 2.45) is 11.3 Å². The lowest BCUT2D eigenvalue weighted by molar-refractivity contribution is -0.133. The summed E-state index contributed by atoms with van der Waals surface area (Å²) in [7, 11) is 0. The maximum absolute atomic E-state index is 12.7. The molecule has 2 aliphatic carbocycles. The van der Waals surface area contributed by atoms with Gasteiger partial charge in [-0.05, 0) is 50.9 Å². The minimum atomic E-state index is -0.149. The highest BCUT2D eigenvalue weighted by Crippen LogP contribution is 2.43. The van der Waals surface area contributed by atoms with Crippen LogP contribution < -0.4 is 5.32 Å². The minimum Gasteiger partial charge on any atom is -0.393 e. The van der Waals surface area contributed by atoms with E-state index in [0.29, 0.717) is 17.9 Å². The molecule has 19 heavy (non-hydrogen) atoms. The van der Waals surface area contributed by atoms with Gasteiger partial charge < -0.3 is 10.4 Å². The predicted octanol–water partition coefficient (Wildman–Crippen LogP) is 3.01. The van der Waals surface area contributed by atoms with Crippen LogP contribution >= 0.6 is 0 Å². The number of nitrogens with one attached hydrogen (secondary N) is 1. The zero-order valence-corrected chi connectivity index (χ0v) is 12.5. The van der Waals surface area contributed by atoms with Gasteiger partial charge in [-0.3, -0.25) is 4.79 Å². The summed E-state index contributed by atoms with van der Waals surface area (Å²) in [6.45, 7) is 4.43. The van der Waals surface area contributed by atoms with Crippen molar-refractivity contribution in [2.45, 2.75) is 83.8 Å². The van der Waals surface area contributed by atoms with Crippen LogP contribution in [0.5, 0.6) is 0 Å². The zero-order chi connectivity index (χ0) is 13.9. The number of amides is 1. The van der Waals surface area contributed by atoms with E-state index < -0.39 is 0 Å². The third kappa shape index (κ3) is 3.71. The Morgan fingerprint density at radius 3 is 2.32 bits per heavy atom. The van der Waals surface area contributed by atoms with E-state index in [1.54, 1.807) is 0 Å². The van der Waals surface area contributed by atoms with E-state index in [-0.39, 0.29) is 11.5 Å². The molecular formula is C16H29NO2. The lowest BCUT2D eigenvalue weighted by Crippen LogP contribution is -2.46. The van der Waals surface area contributed by atoms with Gasteiger partial charge in [0.2, 0.25) is 5.91 Å². The first-order chi connectivity index (χ1) is 9.02. The molecule has 2 N–H and O–H groups in total. The molecule has 2 saturated carbocycles. The monoisotopic (exact) mass is 267 g/mol. The minimum absolute atomic E-state index is 0.0930. The first kappa shape index (κ1) is 14.8. The highest BCUT2D eigenvalue weighted by molar-refractivity contribution is 5.83. The Labute approximate surface area is 117 Å². The van der Waals surface area contributed by atoms with E-state index in [1.807, 2.05) is 0 Å². The van der Waals surface area contributed by atoms with Crippen LogP contribution in [0.4, 0.5) is 0 Å². The molecule has 2 aliphatic rings. The van der Waals surface area contributed by atoms with E-state index in [2.05, 4.69) is 19.2 Å². The first-order valence-electron chi connectivity index (χ1n) is 8.01. The van der Waals surface area contributed by atoms with E-state index in [0.717, 1.165) is 44.9 Å². The Morgan fingerprint density at radius 2 is 1.79 bits per heavy atom. The van der Waals surface area contributed by atoms with Crippen molar-refractivity contribution < 1.29 is 9.90 Å². The largest absolute Gasteiger partial charge is 0.393 e. The molecule has 0 aromatic carbocycles. The number of rotatable bonds is 4. The Bertz CT molecular complexity index is 300. The van der Waals surface area contributed by atoms with E-state index in [1.165, 1.54) is 12.8 Å². The van der Waals surface area contributed by atoms with Gasteiger partial charge in [-0.25, -0.2) is 0 Å². The van der Waals surface area contributed by atoms with E-state index in [4.69, 9.17) is 0 Å². The summed E-state index contributed by atoms with van der Waals surface area (Å²) in [5.41, 5.74) is -0.0930. The maximum atomic E-state index is 12.7. The average molecular weight is 267 g/mol. The predicted molar refractivity (Wildman–Crippen MR) is 76.8 cm³/mol. The summed E-state index contributed by atoms with van der Waals surface area (Å²) < 4.78 is 0. The summed E-state index contributed by atoms with van der Waals surface area (Å²) in [6.07, 6.45) is 8.93. The number of carbonyl (C=O) groups excluding carboxylic acids is 1. The van der Waals surface area contributed by atoms with E-state index in [9.17, 15) is 9.90 Å². The second-order valence-electron chi connectivity index (χ2n) is 7.06. The van der Waals surface area contributed by atoms with Gasteiger partial charge in [0, 0.05) is 11.5 Å². The molecule has 0 aromatic heterocycles. The van der Waals surface area contributed by atoms with Gasteiger partial charge in [-0.15, -0.1) is 0 Å². The zero-order valence-electron chi connectivity index (χ0n) is 12.5. The normalized spacial score (nSPS) is 30.5. The number of hydrogen-bond donors (Lipinski definition) is 2. The molecular weight excluding hydrogens is 238 g/mol. The van der Waals surface area contributed by atoms with Gasteiger partial charge >= 0.3 is 0 Å². The van der Waals surface area contributed by atoms with Crippen molar-refractivity contribution in [1.82, 2.24) is 5.32 Å². The number of carbonyl (C=O) groups is 1. The number of aliphatic hydroxyl groups is 1. The van der Waals surface area contributed by atoms with Gasteiger partial charge in [-0.2, -0.15) is 0 Å². The van der Waals surface area contributed by atoms with Crippen molar-refractivity contribution in [2.75, 3.05) is 0 Å². The summed E-state index contributed by atoms with van der Waals surface area (Å²) >= 11 is 0. The fraction of sp³-hybridized carbons (Fsp3) is 0.938. The van der Waals surface area contributed by atoms with Crippen LogP contribution in [-0.2, 0) is 4.79 Å².